The van der Waals surface area contributed by atoms with Gasteiger partial charge in [0.05, 0.1) is 23.3 Å². The predicted molar refractivity (Wildman–Crippen MR) is 220 cm³/mol. The van der Waals surface area contributed by atoms with Crippen molar-refractivity contribution in [1.29, 1.82) is 0 Å². The molecule has 2 aromatic heterocycles. The highest BCUT2D eigenvalue weighted by molar-refractivity contribution is 6.27. The molecule has 0 bridgehead atoms. The van der Waals surface area contributed by atoms with Gasteiger partial charge in [-0.25, -0.2) is 9.83 Å². The van der Waals surface area contributed by atoms with E-state index in [-0.39, 0.29) is 5.92 Å². The number of para-hydroxylation sites is 1. The van der Waals surface area contributed by atoms with E-state index in [9.17, 15) is 0 Å². The number of pyridine rings is 2. The van der Waals surface area contributed by atoms with Crippen molar-refractivity contribution >= 4 is 59.8 Å². The fourth-order valence-corrected chi connectivity index (χ4v) is 8.91. The summed E-state index contributed by atoms with van der Waals surface area (Å²) in [5, 5.41) is 9.13. The Labute approximate surface area is 306 Å². The van der Waals surface area contributed by atoms with Gasteiger partial charge in [-0.05, 0) is 84.1 Å². The van der Waals surface area contributed by atoms with Gasteiger partial charge in [0.1, 0.15) is 0 Å². The minimum atomic E-state index is 0.113. The zero-order chi connectivity index (χ0) is 35.0. The Morgan fingerprint density at radius 2 is 1.09 bits per heavy atom. The molecule has 10 aromatic rings. The quantitative estimate of drug-likeness (QED) is 0.106. The molecule has 1 aliphatic carbocycles. The van der Waals surface area contributed by atoms with Gasteiger partial charge >= 0.3 is 0 Å². The summed E-state index contributed by atoms with van der Waals surface area (Å²) in [5.74, 6) is 0.113. The molecule has 0 N–H and O–H groups in total. The zero-order valence-corrected chi connectivity index (χ0v) is 28.6. The van der Waals surface area contributed by atoms with Crippen molar-refractivity contribution in [3.8, 4) is 33.5 Å². The smallest absolute Gasteiger partial charge is 0.187 e. The summed E-state index contributed by atoms with van der Waals surface area (Å²) in [5.41, 5.74) is 12.9. The number of fused-ring (bicyclic) bond motifs is 10. The molecule has 1 atom stereocenters. The van der Waals surface area contributed by atoms with E-state index in [1.807, 2.05) is 12.3 Å². The van der Waals surface area contributed by atoms with Crippen LogP contribution in [0.25, 0.3) is 92.5 Å². The minimum Gasteiger partial charge on any atom is -0.253 e. The molecule has 8 aromatic carbocycles. The molecule has 0 amide bonds. The first-order valence-corrected chi connectivity index (χ1v) is 18.0. The normalized spacial score (nSPS) is 13.5. The maximum Gasteiger partial charge on any atom is 0.187 e. The van der Waals surface area contributed by atoms with Crippen LogP contribution in [-0.4, -0.2) is 9.97 Å². The Bertz CT molecular complexity index is 3120. The largest absolute Gasteiger partial charge is 0.253 e. The van der Waals surface area contributed by atoms with E-state index in [0.29, 0.717) is 5.69 Å². The van der Waals surface area contributed by atoms with Gasteiger partial charge in [0, 0.05) is 33.8 Å². The van der Waals surface area contributed by atoms with Crippen LogP contribution in [0.15, 0.2) is 170 Å². The highest BCUT2D eigenvalue weighted by Crippen LogP contribution is 2.52. The van der Waals surface area contributed by atoms with Crippen molar-refractivity contribution in [2.24, 2.45) is 0 Å². The minimum absolute atomic E-state index is 0.113. The lowest BCUT2D eigenvalue weighted by molar-refractivity contribution is 1.02. The third kappa shape index (κ3) is 4.33. The number of nitrogens with zero attached hydrogens (tertiary/aromatic N) is 3. The Morgan fingerprint density at radius 1 is 0.509 bits per heavy atom. The number of benzene rings is 8. The van der Waals surface area contributed by atoms with Gasteiger partial charge in [0.25, 0.3) is 0 Å². The number of hydrogen-bond acceptors (Lipinski definition) is 2. The Hall–Kier alpha value is -7.15. The maximum atomic E-state index is 7.80. The molecular weight excluding hydrogens is 643 g/mol. The van der Waals surface area contributed by atoms with Crippen LogP contribution in [0.1, 0.15) is 22.6 Å². The maximum absolute atomic E-state index is 7.80. The second-order valence-corrected chi connectivity index (χ2v) is 13.9. The molecule has 244 valence electrons. The summed E-state index contributed by atoms with van der Waals surface area (Å²) in [7, 11) is 0. The van der Waals surface area contributed by atoms with E-state index in [4.69, 9.17) is 16.5 Å². The van der Waals surface area contributed by atoms with E-state index < -0.39 is 0 Å². The summed E-state index contributed by atoms with van der Waals surface area (Å²) in [6, 6.07) is 58.3. The van der Waals surface area contributed by atoms with Crippen molar-refractivity contribution in [2.75, 3.05) is 0 Å². The van der Waals surface area contributed by atoms with Crippen LogP contribution in [0.5, 0.6) is 0 Å². The predicted octanol–water partition coefficient (Wildman–Crippen LogP) is 13.3. The van der Waals surface area contributed by atoms with Crippen molar-refractivity contribution in [2.45, 2.75) is 5.92 Å². The van der Waals surface area contributed by atoms with Gasteiger partial charge in [0.15, 0.2) is 5.69 Å². The van der Waals surface area contributed by atoms with E-state index in [1.165, 1.54) is 33.2 Å². The van der Waals surface area contributed by atoms with Crippen LogP contribution in [0.3, 0.4) is 0 Å². The van der Waals surface area contributed by atoms with E-state index in [2.05, 4.69) is 163 Å². The van der Waals surface area contributed by atoms with Crippen LogP contribution in [0, 0.1) is 6.57 Å². The fourth-order valence-electron chi connectivity index (χ4n) is 8.91. The van der Waals surface area contributed by atoms with Gasteiger partial charge in [-0.15, -0.1) is 0 Å². The summed E-state index contributed by atoms with van der Waals surface area (Å²) >= 11 is 0. The first-order chi connectivity index (χ1) is 26.3. The standard InChI is InChI=1S/C50H29N3/c1-51-33-24-26-40-43(28-33)42-27-31(23-25-39(42)45(40)30-13-3-2-4-14-30)46-35-17-7-9-19-37(35)48(38-20-10-8-18-36(38)46)50-49-47(41-21-11-12-22-44(41)53-50)34-16-6-5-15-32(34)29-52-49/h2-29,45H. The molecule has 0 saturated heterocycles. The highest BCUT2D eigenvalue weighted by Gasteiger charge is 2.31. The van der Waals surface area contributed by atoms with Gasteiger partial charge in [-0.3, -0.25) is 4.98 Å². The molecule has 0 radical (unpaired) electrons. The molecule has 1 aliphatic rings. The Kier molecular flexibility index (Phi) is 6.38. The number of rotatable bonds is 3. The second kappa shape index (κ2) is 11.4. The monoisotopic (exact) mass is 671 g/mol. The van der Waals surface area contributed by atoms with Crippen molar-refractivity contribution < 1.29 is 0 Å². The average molecular weight is 672 g/mol. The first kappa shape index (κ1) is 29.6. The molecule has 3 heteroatoms. The third-order valence-electron chi connectivity index (χ3n) is 11.2. The lowest BCUT2D eigenvalue weighted by Gasteiger charge is -2.19. The summed E-state index contributed by atoms with van der Waals surface area (Å²) in [6.07, 6.45) is 1.99. The van der Waals surface area contributed by atoms with Gasteiger partial charge in [0.2, 0.25) is 0 Å². The molecule has 0 saturated carbocycles. The molecule has 3 nitrogen and oxygen atoms in total. The Morgan fingerprint density at radius 3 is 1.81 bits per heavy atom. The van der Waals surface area contributed by atoms with Crippen LogP contribution in [0.4, 0.5) is 5.69 Å². The summed E-state index contributed by atoms with van der Waals surface area (Å²) in [6.45, 7) is 7.80. The fraction of sp³-hybridized carbons (Fsp3) is 0.0200. The molecule has 0 aliphatic heterocycles. The molecular formula is C50H29N3. The lowest BCUT2D eigenvalue weighted by Crippen LogP contribution is -1.99. The average Bonchev–Trinajstić information content (AvgIpc) is 3.55. The first-order valence-electron chi connectivity index (χ1n) is 18.0. The molecule has 0 spiro atoms. The zero-order valence-electron chi connectivity index (χ0n) is 28.6. The molecule has 2 heterocycles. The highest BCUT2D eigenvalue weighted by atomic mass is 14.8. The van der Waals surface area contributed by atoms with Crippen molar-refractivity contribution in [1.82, 2.24) is 9.97 Å². The van der Waals surface area contributed by atoms with Crippen LogP contribution in [-0.2, 0) is 0 Å². The van der Waals surface area contributed by atoms with E-state index in [0.717, 1.165) is 71.1 Å². The van der Waals surface area contributed by atoms with Gasteiger partial charge in [-0.2, -0.15) is 0 Å². The van der Waals surface area contributed by atoms with E-state index >= 15 is 0 Å². The number of aromatic nitrogens is 2. The van der Waals surface area contributed by atoms with Gasteiger partial charge < -0.3 is 0 Å². The van der Waals surface area contributed by atoms with Crippen molar-refractivity contribution in [3.63, 3.8) is 0 Å². The molecule has 11 rings (SSSR count). The lowest BCUT2D eigenvalue weighted by atomic mass is 9.85. The van der Waals surface area contributed by atoms with E-state index in [1.54, 1.807) is 0 Å². The molecule has 1 unspecified atom stereocenters. The molecule has 0 fully saturated rings. The third-order valence-corrected chi connectivity index (χ3v) is 11.2. The molecule has 53 heavy (non-hydrogen) atoms. The Balaban J connectivity index is 1.22. The van der Waals surface area contributed by atoms with Crippen LogP contribution in [0.2, 0.25) is 0 Å². The second-order valence-electron chi connectivity index (χ2n) is 13.9. The van der Waals surface area contributed by atoms with Gasteiger partial charge in [-0.1, -0.05) is 146 Å². The van der Waals surface area contributed by atoms with Crippen LogP contribution >= 0.6 is 0 Å². The SMILES string of the molecule is [C-]#[N+]c1ccc2c(c1)-c1cc(-c3c4ccccc4c(-c4nc5ccccc5c5c4ncc4ccccc45)c4ccccc34)ccc1C2c1ccccc1. The number of hydrogen-bond donors (Lipinski definition) is 0. The topological polar surface area (TPSA) is 30.1 Å². The van der Waals surface area contributed by atoms with Crippen molar-refractivity contribution in [3.05, 3.63) is 198 Å². The summed E-state index contributed by atoms with van der Waals surface area (Å²) in [4.78, 5) is 14.4. The summed E-state index contributed by atoms with van der Waals surface area (Å²) < 4.78 is 0. The van der Waals surface area contributed by atoms with Crippen LogP contribution < -0.4 is 0 Å².